The Morgan fingerprint density at radius 3 is 1.70 bits per heavy atom. The number of carbonyl (C=O) groups excluding carboxylic acids is 1. The fourth-order valence-corrected chi connectivity index (χ4v) is 9.76. The van der Waals surface area contributed by atoms with Crippen molar-refractivity contribution in [2.24, 2.45) is 11.8 Å². The summed E-state index contributed by atoms with van der Waals surface area (Å²) in [6, 6.07) is 0.441. The molecule has 53 heavy (non-hydrogen) atoms. The van der Waals surface area contributed by atoms with Gasteiger partial charge in [-0.1, -0.05) is 156 Å². The fraction of sp³-hybridized carbons (Fsp3) is 0.978. The van der Waals surface area contributed by atoms with E-state index in [0.29, 0.717) is 30.9 Å². The number of hydrogen-bond acceptors (Lipinski definition) is 5. The molecule has 1 aliphatic heterocycles. The third-order valence-electron chi connectivity index (χ3n) is 11.8. The molecule has 316 valence electrons. The van der Waals surface area contributed by atoms with Crippen molar-refractivity contribution in [2.45, 2.75) is 226 Å². The number of ether oxygens (including phenoxy) is 2. The number of rotatable bonds is 39. The van der Waals surface area contributed by atoms with Crippen molar-refractivity contribution in [3.8, 4) is 0 Å². The highest BCUT2D eigenvalue weighted by molar-refractivity contribution is 7.82. The molecular weight excluding hydrogens is 677 g/mol. The van der Waals surface area contributed by atoms with E-state index in [1.54, 1.807) is 7.11 Å². The van der Waals surface area contributed by atoms with Gasteiger partial charge in [0.15, 0.2) is 0 Å². The number of unbranched alkanes of at least 4 members (excludes halogenated alkanes) is 19. The maximum Gasteiger partial charge on any atom is 0.306 e. The molecule has 0 bridgehead atoms. The van der Waals surface area contributed by atoms with E-state index < -0.39 is 11.0 Å². The SMILES string of the molecule is CCCCCCCCS(=O)N(CC1CCN(C)CC1)C(CCCCCCCCOC)CCCCCCCCOC(=O)CC(CCCC)CCCCCC. The van der Waals surface area contributed by atoms with Gasteiger partial charge in [-0.05, 0) is 89.8 Å². The maximum atomic E-state index is 14.1. The zero-order valence-corrected chi connectivity index (χ0v) is 37.1. The Bertz CT molecular complexity index is 821. The van der Waals surface area contributed by atoms with Gasteiger partial charge in [-0.2, -0.15) is 0 Å². The molecule has 0 aromatic carbocycles. The molecule has 1 fully saturated rings. The molecule has 3 unspecified atom stereocenters. The quantitative estimate of drug-likeness (QED) is 0.0460. The van der Waals surface area contributed by atoms with E-state index in [1.165, 1.54) is 186 Å². The molecule has 0 radical (unpaired) electrons. The van der Waals surface area contributed by atoms with Gasteiger partial charge in [0.25, 0.3) is 0 Å². The van der Waals surface area contributed by atoms with Gasteiger partial charge < -0.3 is 14.4 Å². The number of carbonyl (C=O) groups is 1. The first-order chi connectivity index (χ1) is 25.9. The molecule has 0 amide bonds. The summed E-state index contributed by atoms with van der Waals surface area (Å²) in [7, 11) is 3.17. The van der Waals surface area contributed by atoms with Gasteiger partial charge in [-0.3, -0.25) is 4.79 Å². The second-order valence-corrected chi connectivity index (χ2v) is 18.4. The highest BCUT2D eigenvalue weighted by Crippen LogP contribution is 2.26. The molecule has 1 saturated heterocycles. The summed E-state index contributed by atoms with van der Waals surface area (Å²) in [5, 5.41) is 0. The van der Waals surface area contributed by atoms with Crippen LogP contribution in [-0.2, 0) is 25.3 Å². The van der Waals surface area contributed by atoms with Gasteiger partial charge in [0.05, 0.1) is 17.6 Å². The molecule has 0 aliphatic carbocycles. The summed E-state index contributed by atoms with van der Waals surface area (Å²) in [5.41, 5.74) is 0. The summed E-state index contributed by atoms with van der Waals surface area (Å²) in [5.74, 6) is 2.04. The molecule has 0 N–H and O–H groups in total. The maximum absolute atomic E-state index is 14.1. The number of esters is 1. The monoisotopic (exact) mass is 769 g/mol. The molecular formula is C46H92N2O4S. The number of methoxy groups -OCH3 is 1. The van der Waals surface area contributed by atoms with E-state index in [2.05, 4.69) is 37.0 Å². The highest BCUT2D eigenvalue weighted by Gasteiger charge is 2.28. The van der Waals surface area contributed by atoms with E-state index in [9.17, 15) is 9.00 Å². The molecule has 6 nitrogen and oxygen atoms in total. The standard InChI is InChI=1S/C46H92N2O4S/c1-6-9-12-14-23-29-40-53(50)48(42-44-34-36-47(4)37-35-44)45(32-25-19-15-17-21-27-38-51-5)33-26-20-16-18-22-28-39-52-46(49)41-43(30-11-8-3)31-24-13-10-7-2/h43-45H,6-42H2,1-5H3. The van der Waals surface area contributed by atoms with Crippen molar-refractivity contribution in [2.75, 3.05) is 52.8 Å². The predicted molar refractivity (Wildman–Crippen MR) is 231 cm³/mol. The van der Waals surface area contributed by atoms with Crippen molar-refractivity contribution in [3.63, 3.8) is 0 Å². The summed E-state index contributed by atoms with van der Waals surface area (Å²) in [4.78, 5) is 15.1. The van der Waals surface area contributed by atoms with Crippen LogP contribution in [0.25, 0.3) is 0 Å². The lowest BCUT2D eigenvalue weighted by Gasteiger charge is -2.36. The average Bonchev–Trinajstić information content (AvgIpc) is 3.16. The van der Waals surface area contributed by atoms with Crippen LogP contribution in [0.2, 0.25) is 0 Å². The van der Waals surface area contributed by atoms with Crippen LogP contribution in [0.15, 0.2) is 0 Å². The molecule has 3 atom stereocenters. The lowest BCUT2D eigenvalue weighted by Crippen LogP contribution is -2.43. The topological polar surface area (TPSA) is 59.1 Å². The Balaban J connectivity index is 2.59. The van der Waals surface area contributed by atoms with Gasteiger partial charge in [0.2, 0.25) is 0 Å². The van der Waals surface area contributed by atoms with E-state index in [4.69, 9.17) is 9.47 Å². The fourth-order valence-electron chi connectivity index (χ4n) is 8.16. The van der Waals surface area contributed by atoms with Crippen LogP contribution in [0.3, 0.4) is 0 Å². The Kier molecular flexibility index (Phi) is 35.4. The minimum atomic E-state index is -0.879. The third-order valence-corrected chi connectivity index (χ3v) is 13.4. The summed E-state index contributed by atoms with van der Waals surface area (Å²) in [6.07, 6.45) is 37.5. The van der Waals surface area contributed by atoms with Crippen molar-refractivity contribution < 1.29 is 18.5 Å². The Morgan fingerprint density at radius 1 is 0.642 bits per heavy atom. The number of nitrogens with zero attached hydrogens (tertiary/aromatic N) is 2. The van der Waals surface area contributed by atoms with Gasteiger partial charge in [-0.15, -0.1) is 0 Å². The summed E-state index contributed by atoms with van der Waals surface area (Å²) >= 11 is 0. The molecule has 1 aliphatic rings. The van der Waals surface area contributed by atoms with Gasteiger partial charge >= 0.3 is 5.97 Å². The zero-order chi connectivity index (χ0) is 38.6. The molecule has 7 heteroatoms. The molecule has 0 saturated carbocycles. The number of hydrogen-bond donors (Lipinski definition) is 0. The lowest BCUT2D eigenvalue weighted by molar-refractivity contribution is -0.145. The number of likely N-dealkylation sites (tertiary alicyclic amines) is 1. The number of piperidine rings is 1. The van der Waals surface area contributed by atoms with E-state index in [1.807, 2.05) is 0 Å². The summed E-state index contributed by atoms with van der Waals surface area (Å²) in [6.45, 7) is 11.6. The van der Waals surface area contributed by atoms with Crippen LogP contribution < -0.4 is 0 Å². The molecule has 0 spiro atoms. The smallest absolute Gasteiger partial charge is 0.306 e. The first-order valence-electron chi connectivity index (χ1n) is 23.4. The van der Waals surface area contributed by atoms with E-state index >= 15 is 0 Å². The second-order valence-electron chi connectivity index (χ2n) is 16.9. The Labute approximate surface area is 334 Å². The van der Waals surface area contributed by atoms with E-state index in [0.717, 1.165) is 38.2 Å². The van der Waals surface area contributed by atoms with Crippen molar-refractivity contribution >= 4 is 17.0 Å². The first kappa shape index (κ1) is 50.5. The minimum absolute atomic E-state index is 0.0254. The lowest BCUT2D eigenvalue weighted by atomic mass is 9.92. The van der Waals surface area contributed by atoms with Crippen LogP contribution in [0.1, 0.15) is 220 Å². The average molecular weight is 769 g/mol. The summed E-state index contributed by atoms with van der Waals surface area (Å²) < 4.78 is 27.6. The second kappa shape index (κ2) is 37.1. The van der Waals surface area contributed by atoms with Gasteiger partial charge in [-0.25, -0.2) is 8.51 Å². The van der Waals surface area contributed by atoms with Crippen LogP contribution in [0.5, 0.6) is 0 Å². The Hall–Kier alpha value is -0.500. The van der Waals surface area contributed by atoms with Gasteiger partial charge in [0.1, 0.15) is 0 Å². The van der Waals surface area contributed by atoms with Crippen LogP contribution >= 0.6 is 0 Å². The minimum Gasteiger partial charge on any atom is -0.466 e. The predicted octanol–water partition coefficient (Wildman–Crippen LogP) is 12.8. The highest BCUT2D eigenvalue weighted by atomic mass is 32.2. The van der Waals surface area contributed by atoms with Gasteiger partial charge in [0, 0.05) is 38.5 Å². The normalized spacial score (nSPS) is 16.0. The molecule has 1 rings (SSSR count). The Morgan fingerprint density at radius 2 is 1.11 bits per heavy atom. The molecule has 1 heterocycles. The van der Waals surface area contributed by atoms with Crippen molar-refractivity contribution in [1.82, 2.24) is 9.21 Å². The van der Waals surface area contributed by atoms with Crippen molar-refractivity contribution in [3.05, 3.63) is 0 Å². The first-order valence-corrected chi connectivity index (χ1v) is 24.7. The zero-order valence-electron chi connectivity index (χ0n) is 36.3. The molecule has 0 aromatic rings. The van der Waals surface area contributed by atoms with E-state index in [-0.39, 0.29) is 5.97 Å². The molecule has 0 aromatic heterocycles. The largest absolute Gasteiger partial charge is 0.466 e. The van der Waals surface area contributed by atoms with Crippen LogP contribution in [-0.4, -0.2) is 78.2 Å². The van der Waals surface area contributed by atoms with Crippen molar-refractivity contribution in [1.29, 1.82) is 0 Å². The van der Waals surface area contributed by atoms with Crippen LogP contribution in [0, 0.1) is 11.8 Å². The van der Waals surface area contributed by atoms with Crippen LogP contribution in [0.4, 0.5) is 0 Å². The third kappa shape index (κ3) is 29.4.